The van der Waals surface area contributed by atoms with E-state index in [0.717, 1.165) is 6.20 Å². The second-order valence-corrected chi connectivity index (χ2v) is 5.17. The Labute approximate surface area is 118 Å². The van der Waals surface area contributed by atoms with E-state index < -0.39 is 27.1 Å². The van der Waals surface area contributed by atoms with Crippen molar-refractivity contribution in [2.24, 2.45) is 0 Å². The largest absolute Gasteiger partial charge is 0.467 e. The summed E-state index contributed by atoms with van der Waals surface area (Å²) in [7, 11) is 0. The number of nitro groups is 2. The van der Waals surface area contributed by atoms with E-state index in [9.17, 15) is 20.2 Å². The zero-order valence-corrected chi connectivity index (χ0v) is 11.1. The van der Waals surface area contributed by atoms with Gasteiger partial charge in [-0.1, -0.05) is 0 Å². The molecule has 0 radical (unpaired) electrons. The molecule has 1 saturated carbocycles. The molecule has 0 unspecified atom stereocenters. The SMILES string of the molecule is O=[N+]([O-])c1cn(C2CCC3(CC2)OCCO3)nc1[N+](=O)[O-]. The molecule has 0 aromatic carbocycles. The number of aromatic nitrogens is 2. The van der Waals surface area contributed by atoms with Crippen molar-refractivity contribution < 1.29 is 19.3 Å². The molecule has 1 aliphatic heterocycles. The molecule has 2 fully saturated rings. The van der Waals surface area contributed by atoms with Gasteiger partial charge in [-0.25, -0.2) is 0 Å². The Morgan fingerprint density at radius 1 is 1.19 bits per heavy atom. The van der Waals surface area contributed by atoms with Gasteiger partial charge in [0.25, 0.3) is 0 Å². The summed E-state index contributed by atoms with van der Waals surface area (Å²) in [5.74, 6) is -1.25. The van der Waals surface area contributed by atoms with Gasteiger partial charge in [0.15, 0.2) is 5.79 Å². The van der Waals surface area contributed by atoms with E-state index in [1.165, 1.54) is 4.68 Å². The predicted octanol–water partition coefficient (Wildman–Crippen LogP) is 1.56. The fourth-order valence-corrected chi connectivity index (χ4v) is 2.91. The van der Waals surface area contributed by atoms with Gasteiger partial charge in [0.2, 0.25) is 0 Å². The molecule has 10 heteroatoms. The van der Waals surface area contributed by atoms with Crippen molar-refractivity contribution in [1.82, 2.24) is 9.78 Å². The summed E-state index contributed by atoms with van der Waals surface area (Å²) in [5.41, 5.74) is -0.575. The third-order valence-corrected chi connectivity index (χ3v) is 3.97. The molecule has 3 rings (SSSR count). The van der Waals surface area contributed by atoms with Gasteiger partial charge in [-0.3, -0.25) is 10.1 Å². The first-order chi connectivity index (χ1) is 10.0. The molecule has 114 valence electrons. The van der Waals surface area contributed by atoms with Crippen LogP contribution in [0.1, 0.15) is 31.7 Å². The third kappa shape index (κ3) is 2.47. The average Bonchev–Trinajstić information content (AvgIpc) is 3.07. The fraction of sp³-hybridized carbons (Fsp3) is 0.727. The predicted molar refractivity (Wildman–Crippen MR) is 67.7 cm³/mol. The maximum atomic E-state index is 10.8. The molecule has 10 nitrogen and oxygen atoms in total. The lowest BCUT2D eigenvalue weighted by atomic mass is 9.90. The number of rotatable bonds is 3. The molecule has 0 atom stereocenters. The summed E-state index contributed by atoms with van der Waals surface area (Å²) in [6.07, 6.45) is 3.74. The minimum atomic E-state index is -0.831. The first kappa shape index (κ1) is 13.9. The van der Waals surface area contributed by atoms with Crippen LogP contribution in [-0.4, -0.2) is 38.6 Å². The molecule has 0 bridgehead atoms. The van der Waals surface area contributed by atoms with Crippen molar-refractivity contribution in [2.75, 3.05) is 13.2 Å². The monoisotopic (exact) mass is 298 g/mol. The van der Waals surface area contributed by atoms with Crippen LogP contribution in [0, 0.1) is 20.2 Å². The molecule has 1 aromatic heterocycles. The van der Waals surface area contributed by atoms with Crippen LogP contribution in [0.25, 0.3) is 0 Å². The van der Waals surface area contributed by atoms with Crippen LogP contribution in [0.5, 0.6) is 0 Å². The van der Waals surface area contributed by atoms with Crippen molar-refractivity contribution >= 4 is 11.5 Å². The highest BCUT2D eigenvalue weighted by Crippen LogP contribution is 2.41. The third-order valence-electron chi connectivity index (χ3n) is 3.97. The summed E-state index contributed by atoms with van der Waals surface area (Å²) in [6.45, 7) is 1.15. The van der Waals surface area contributed by atoms with E-state index in [0.29, 0.717) is 38.9 Å². The van der Waals surface area contributed by atoms with Crippen LogP contribution >= 0.6 is 0 Å². The summed E-state index contributed by atoms with van der Waals surface area (Å²) >= 11 is 0. The number of hydrogen-bond acceptors (Lipinski definition) is 7. The van der Waals surface area contributed by atoms with E-state index in [1.807, 2.05) is 0 Å². The Hall–Kier alpha value is -2.07. The Bertz CT molecular complexity index is 538. The number of nitrogens with zero attached hydrogens (tertiary/aromatic N) is 4. The van der Waals surface area contributed by atoms with Gasteiger partial charge in [-0.15, -0.1) is 0 Å². The van der Waals surface area contributed by atoms with E-state index in [1.54, 1.807) is 0 Å². The highest BCUT2D eigenvalue weighted by atomic mass is 16.7. The summed E-state index contributed by atoms with van der Waals surface area (Å²) < 4.78 is 12.5. The minimum absolute atomic E-state index is 0.115. The van der Waals surface area contributed by atoms with E-state index in [4.69, 9.17) is 9.47 Å². The second kappa shape index (κ2) is 5.04. The Morgan fingerprint density at radius 3 is 2.29 bits per heavy atom. The van der Waals surface area contributed by atoms with Gasteiger partial charge < -0.3 is 19.6 Å². The summed E-state index contributed by atoms with van der Waals surface area (Å²) in [6, 6.07) is -0.115. The van der Waals surface area contributed by atoms with Gasteiger partial charge in [0, 0.05) is 12.8 Å². The summed E-state index contributed by atoms with van der Waals surface area (Å²) in [4.78, 5) is 20.0. The molecule has 2 aliphatic rings. The lowest BCUT2D eigenvalue weighted by molar-refractivity contribution is -0.424. The van der Waals surface area contributed by atoms with Crippen molar-refractivity contribution in [2.45, 2.75) is 37.5 Å². The maximum Gasteiger partial charge on any atom is 0.467 e. The van der Waals surface area contributed by atoms with Crippen LogP contribution in [0.4, 0.5) is 11.5 Å². The summed E-state index contributed by atoms with van der Waals surface area (Å²) in [5, 5.41) is 25.4. The zero-order valence-electron chi connectivity index (χ0n) is 11.1. The van der Waals surface area contributed by atoms with Crippen molar-refractivity contribution in [1.29, 1.82) is 0 Å². The minimum Gasteiger partial charge on any atom is -0.358 e. The fourth-order valence-electron chi connectivity index (χ4n) is 2.91. The van der Waals surface area contributed by atoms with Gasteiger partial charge >= 0.3 is 11.5 Å². The molecule has 1 spiro atoms. The van der Waals surface area contributed by atoms with Crippen molar-refractivity contribution in [3.8, 4) is 0 Å². The highest BCUT2D eigenvalue weighted by Gasteiger charge is 2.42. The van der Waals surface area contributed by atoms with Crippen LogP contribution in [0.3, 0.4) is 0 Å². The quantitative estimate of drug-likeness (QED) is 0.612. The van der Waals surface area contributed by atoms with E-state index >= 15 is 0 Å². The van der Waals surface area contributed by atoms with Crippen molar-refractivity contribution in [3.05, 3.63) is 26.4 Å². The van der Waals surface area contributed by atoms with Crippen LogP contribution in [0.15, 0.2) is 6.20 Å². The van der Waals surface area contributed by atoms with Gasteiger partial charge in [-0.05, 0) is 17.8 Å². The number of ether oxygens (including phenoxy) is 2. The topological polar surface area (TPSA) is 123 Å². The Morgan fingerprint density at radius 2 is 1.81 bits per heavy atom. The van der Waals surface area contributed by atoms with Crippen LogP contribution in [-0.2, 0) is 9.47 Å². The lowest BCUT2D eigenvalue weighted by Crippen LogP contribution is -2.35. The van der Waals surface area contributed by atoms with E-state index in [2.05, 4.69) is 5.10 Å². The molecule has 0 N–H and O–H groups in total. The normalized spacial score (nSPS) is 21.7. The molecule has 21 heavy (non-hydrogen) atoms. The van der Waals surface area contributed by atoms with Gasteiger partial charge in [-0.2, -0.15) is 4.68 Å². The molecule has 1 aromatic rings. The standard InChI is InChI=1S/C11H14N4O6/c16-14(17)9-7-13(12-10(9)15(18)19)8-1-3-11(4-2-8)20-5-6-21-11/h7-8H,1-6H2. The second-order valence-electron chi connectivity index (χ2n) is 5.17. The first-order valence-electron chi connectivity index (χ1n) is 6.67. The molecular formula is C11H14N4O6. The molecule has 1 aliphatic carbocycles. The average molecular weight is 298 g/mol. The van der Waals surface area contributed by atoms with Gasteiger partial charge in [0.05, 0.1) is 29.3 Å². The smallest absolute Gasteiger partial charge is 0.358 e. The Balaban J connectivity index is 1.77. The maximum absolute atomic E-state index is 10.8. The Kier molecular flexibility index (Phi) is 3.33. The van der Waals surface area contributed by atoms with Crippen molar-refractivity contribution in [3.63, 3.8) is 0 Å². The number of hydrogen-bond donors (Lipinski definition) is 0. The van der Waals surface area contributed by atoms with E-state index in [-0.39, 0.29) is 6.04 Å². The highest BCUT2D eigenvalue weighted by molar-refractivity contribution is 5.44. The van der Waals surface area contributed by atoms with Crippen LogP contribution in [0.2, 0.25) is 0 Å². The zero-order chi connectivity index (χ0) is 15.0. The molecule has 2 heterocycles. The van der Waals surface area contributed by atoms with Crippen LogP contribution < -0.4 is 0 Å². The van der Waals surface area contributed by atoms with Gasteiger partial charge in [0.1, 0.15) is 6.20 Å². The lowest BCUT2D eigenvalue weighted by Gasteiger charge is -2.34. The molecular weight excluding hydrogens is 284 g/mol. The first-order valence-corrected chi connectivity index (χ1v) is 6.67. The molecule has 0 amide bonds. The molecule has 1 saturated heterocycles.